The monoisotopic (exact) mass is 390 g/mol. The lowest BCUT2D eigenvalue weighted by Crippen LogP contribution is -2.92. The molecule has 2 rings (SSSR count). The standard InChI is InChI=1S/C21H25F2N3O2/c1-12-6-5-7-13(2)20(12)26-19(27)11-24-21(28)15(4)25-14(3)16-8-9-17(22)18(23)10-16/h5-10,14-15,25H,11H2,1-4H3,(H,24,28)(H,26,27)/p+1/t14-,15+/m1/s1. The first-order valence-electron chi connectivity index (χ1n) is 9.12. The minimum atomic E-state index is -0.918. The molecule has 150 valence electrons. The van der Waals surface area contributed by atoms with Gasteiger partial charge in [0.15, 0.2) is 17.7 Å². The third-order valence-electron chi connectivity index (χ3n) is 4.63. The molecular weight excluding hydrogens is 364 g/mol. The summed E-state index contributed by atoms with van der Waals surface area (Å²) in [6.45, 7) is 7.14. The van der Waals surface area contributed by atoms with Crippen LogP contribution < -0.4 is 16.0 Å². The summed E-state index contributed by atoms with van der Waals surface area (Å²) in [5.74, 6) is -2.45. The highest BCUT2D eigenvalue weighted by Crippen LogP contribution is 2.19. The number of anilines is 1. The maximum Gasteiger partial charge on any atom is 0.278 e. The molecule has 0 radical (unpaired) electrons. The Morgan fingerprint density at radius 1 is 1.04 bits per heavy atom. The largest absolute Gasteiger partial charge is 0.342 e. The van der Waals surface area contributed by atoms with Gasteiger partial charge in [0.25, 0.3) is 5.91 Å². The zero-order chi connectivity index (χ0) is 20.8. The van der Waals surface area contributed by atoms with E-state index in [1.54, 1.807) is 19.2 Å². The van der Waals surface area contributed by atoms with Gasteiger partial charge in [-0.2, -0.15) is 0 Å². The van der Waals surface area contributed by atoms with E-state index in [-0.39, 0.29) is 24.4 Å². The molecular formula is C21H26F2N3O2+. The fraction of sp³-hybridized carbons (Fsp3) is 0.333. The van der Waals surface area contributed by atoms with Crippen LogP contribution in [0.3, 0.4) is 0 Å². The van der Waals surface area contributed by atoms with Gasteiger partial charge in [-0.25, -0.2) is 8.78 Å². The Kier molecular flexibility index (Phi) is 7.23. The van der Waals surface area contributed by atoms with Gasteiger partial charge in [-0.15, -0.1) is 0 Å². The number of nitrogens with two attached hydrogens (primary N) is 1. The molecule has 0 saturated carbocycles. The molecule has 2 atom stereocenters. The van der Waals surface area contributed by atoms with Crippen LogP contribution in [0.1, 0.15) is 36.6 Å². The number of hydrogen-bond acceptors (Lipinski definition) is 2. The maximum absolute atomic E-state index is 13.4. The zero-order valence-electron chi connectivity index (χ0n) is 16.5. The number of carbonyl (C=O) groups excluding carboxylic acids is 2. The second kappa shape index (κ2) is 9.41. The summed E-state index contributed by atoms with van der Waals surface area (Å²) in [6.07, 6.45) is 0. The van der Waals surface area contributed by atoms with Gasteiger partial charge in [-0.3, -0.25) is 9.59 Å². The number of benzene rings is 2. The van der Waals surface area contributed by atoms with Gasteiger partial charge in [0.1, 0.15) is 6.04 Å². The van der Waals surface area contributed by atoms with Gasteiger partial charge in [0.2, 0.25) is 5.91 Å². The highest BCUT2D eigenvalue weighted by molar-refractivity contribution is 5.96. The molecule has 0 unspecified atom stereocenters. The lowest BCUT2D eigenvalue weighted by Gasteiger charge is -2.17. The van der Waals surface area contributed by atoms with Gasteiger partial charge in [-0.1, -0.05) is 18.2 Å². The maximum atomic E-state index is 13.4. The van der Waals surface area contributed by atoms with Crippen LogP contribution in [0.2, 0.25) is 0 Å². The van der Waals surface area contributed by atoms with Crippen molar-refractivity contribution in [2.75, 3.05) is 11.9 Å². The second-order valence-electron chi connectivity index (χ2n) is 6.98. The van der Waals surface area contributed by atoms with Crippen molar-refractivity contribution >= 4 is 17.5 Å². The first kappa shape index (κ1) is 21.5. The number of carbonyl (C=O) groups is 2. The first-order valence-corrected chi connectivity index (χ1v) is 9.12. The summed E-state index contributed by atoms with van der Waals surface area (Å²) in [5, 5.41) is 7.14. The van der Waals surface area contributed by atoms with Crippen LogP contribution in [0.25, 0.3) is 0 Å². The van der Waals surface area contributed by atoms with Gasteiger partial charge >= 0.3 is 0 Å². The molecule has 0 aliphatic heterocycles. The lowest BCUT2D eigenvalue weighted by molar-refractivity contribution is -0.710. The molecule has 2 amide bonds. The summed E-state index contributed by atoms with van der Waals surface area (Å²) in [7, 11) is 0. The van der Waals surface area contributed by atoms with Crippen molar-refractivity contribution < 1.29 is 23.7 Å². The third kappa shape index (κ3) is 5.60. The number of aryl methyl sites for hydroxylation is 2. The number of rotatable bonds is 7. The highest BCUT2D eigenvalue weighted by atomic mass is 19.2. The molecule has 4 N–H and O–H groups in total. The minimum absolute atomic E-state index is 0.148. The van der Waals surface area contributed by atoms with E-state index in [4.69, 9.17) is 0 Å². The summed E-state index contributed by atoms with van der Waals surface area (Å²) >= 11 is 0. The van der Waals surface area contributed by atoms with Crippen molar-refractivity contribution in [3.63, 3.8) is 0 Å². The van der Waals surface area contributed by atoms with E-state index in [1.807, 2.05) is 32.0 Å². The van der Waals surface area contributed by atoms with Crippen molar-refractivity contribution in [3.05, 3.63) is 64.7 Å². The molecule has 0 saturated heterocycles. The Labute approximate surface area is 163 Å². The van der Waals surface area contributed by atoms with Gasteiger partial charge in [0.05, 0.1) is 6.54 Å². The van der Waals surface area contributed by atoms with Crippen molar-refractivity contribution in [3.8, 4) is 0 Å². The molecule has 0 spiro atoms. The predicted octanol–water partition coefficient (Wildman–Crippen LogP) is 2.35. The molecule has 5 nitrogen and oxygen atoms in total. The fourth-order valence-electron chi connectivity index (χ4n) is 2.95. The molecule has 0 aliphatic rings. The number of nitrogens with one attached hydrogen (secondary N) is 2. The summed E-state index contributed by atoms with van der Waals surface area (Å²) in [4.78, 5) is 24.4. The Morgan fingerprint density at radius 3 is 2.29 bits per heavy atom. The van der Waals surface area contributed by atoms with E-state index in [1.165, 1.54) is 6.07 Å². The number of amides is 2. The molecule has 7 heteroatoms. The van der Waals surface area contributed by atoms with Crippen LogP contribution in [-0.4, -0.2) is 24.4 Å². The minimum Gasteiger partial charge on any atom is -0.342 e. The van der Waals surface area contributed by atoms with Crippen LogP contribution in [0.4, 0.5) is 14.5 Å². The summed E-state index contributed by atoms with van der Waals surface area (Å²) < 4.78 is 26.4. The number of hydrogen-bond donors (Lipinski definition) is 3. The second-order valence-corrected chi connectivity index (χ2v) is 6.98. The van der Waals surface area contributed by atoms with Crippen molar-refractivity contribution in [2.24, 2.45) is 0 Å². The Hall–Kier alpha value is -2.80. The highest BCUT2D eigenvalue weighted by Gasteiger charge is 2.21. The van der Waals surface area contributed by atoms with Crippen LogP contribution in [0, 0.1) is 25.5 Å². The lowest BCUT2D eigenvalue weighted by atomic mass is 10.1. The topological polar surface area (TPSA) is 74.8 Å². The Morgan fingerprint density at radius 2 is 1.68 bits per heavy atom. The molecule has 0 aromatic heterocycles. The van der Waals surface area contributed by atoms with E-state index in [0.29, 0.717) is 5.56 Å². The van der Waals surface area contributed by atoms with Gasteiger partial charge < -0.3 is 16.0 Å². The Balaban J connectivity index is 1.86. The van der Waals surface area contributed by atoms with Crippen LogP contribution >= 0.6 is 0 Å². The van der Waals surface area contributed by atoms with Crippen LogP contribution in [0.5, 0.6) is 0 Å². The van der Waals surface area contributed by atoms with E-state index in [0.717, 1.165) is 28.9 Å². The van der Waals surface area contributed by atoms with Crippen LogP contribution in [0.15, 0.2) is 36.4 Å². The van der Waals surface area contributed by atoms with Crippen molar-refractivity contribution in [1.29, 1.82) is 0 Å². The average Bonchev–Trinajstić information content (AvgIpc) is 2.64. The molecule has 0 heterocycles. The normalized spacial score (nSPS) is 12.9. The van der Waals surface area contributed by atoms with Crippen LogP contribution in [-0.2, 0) is 9.59 Å². The van der Waals surface area contributed by atoms with E-state index >= 15 is 0 Å². The van der Waals surface area contributed by atoms with E-state index in [2.05, 4.69) is 10.6 Å². The fourth-order valence-corrected chi connectivity index (χ4v) is 2.95. The molecule has 0 fully saturated rings. The Bertz CT molecular complexity index is 850. The van der Waals surface area contributed by atoms with E-state index in [9.17, 15) is 18.4 Å². The predicted molar refractivity (Wildman–Crippen MR) is 104 cm³/mol. The van der Waals surface area contributed by atoms with Gasteiger partial charge in [-0.05, 0) is 57.0 Å². The SMILES string of the molecule is Cc1cccc(C)c1NC(=O)CNC(=O)[C@H](C)[NH2+][C@H](C)c1ccc(F)c(F)c1. The number of quaternary nitrogens is 1. The molecule has 2 aromatic rings. The first-order chi connectivity index (χ1) is 13.2. The molecule has 28 heavy (non-hydrogen) atoms. The summed E-state index contributed by atoms with van der Waals surface area (Å²) in [6, 6.07) is 8.64. The van der Waals surface area contributed by atoms with Crippen molar-refractivity contribution in [2.45, 2.75) is 39.8 Å². The summed E-state index contributed by atoms with van der Waals surface area (Å²) in [5.41, 5.74) is 3.21. The number of para-hydroxylation sites is 1. The molecule has 0 bridgehead atoms. The average molecular weight is 390 g/mol. The van der Waals surface area contributed by atoms with E-state index < -0.39 is 17.7 Å². The number of halogens is 2. The molecule has 0 aliphatic carbocycles. The quantitative estimate of drug-likeness (QED) is 0.679. The zero-order valence-corrected chi connectivity index (χ0v) is 16.5. The smallest absolute Gasteiger partial charge is 0.278 e. The van der Waals surface area contributed by atoms with Gasteiger partial charge in [0, 0.05) is 11.3 Å². The van der Waals surface area contributed by atoms with Crippen molar-refractivity contribution in [1.82, 2.24) is 5.32 Å². The third-order valence-corrected chi connectivity index (χ3v) is 4.63. The molecule has 2 aromatic carbocycles.